The molecule has 1 aromatic heterocycles. The van der Waals surface area contributed by atoms with Crippen LogP contribution in [0.1, 0.15) is 0 Å². The number of rotatable bonds is 0. The van der Waals surface area contributed by atoms with E-state index in [0.717, 1.165) is 0 Å². The van der Waals surface area contributed by atoms with Crippen LogP contribution in [0.3, 0.4) is 0 Å². The summed E-state index contributed by atoms with van der Waals surface area (Å²) in [4.78, 5) is 2.22. The molecule has 0 saturated heterocycles. The Bertz CT molecular complexity index is 474. The molecular weight excluding hydrogens is 174 g/mol. The van der Waals surface area contributed by atoms with E-state index in [1.165, 1.54) is 12.1 Å². The molecule has 0 spiro atoms. The van der Waals surface area contributed by atoms with Crippen LogP contribution in [-0.2, 0) is 0 Å². The SMILES string of the molecule is Oc1ccc2c(O)[nH]c(O)c2c1O. The number of H-pyrrole nitrogens is 1. The van der Waals surface area contributed by atoms with E-state index in [-0.39, 0.29) is 28.3 Å². The summed E-state index contributed by atoms with van der Waals surface area (Å²) in [6.07, 6.45) is 0. The number of phenolic OH excluding ortho intramolecular Hbond substituents is 2. The van der Waals surface area contributed by atoms with Crippen LogP contribution in [0.2, 0.25) is 0 Å². The van der Waals surface area contributed by atoms with Gasteiger partial charge in [-0.25, -0.2) is 0 Å². The van der Waals surface area contributed by atoms with Gasteiger partial charge < -0.3 is 20.4 Å². The predicted molar refractivity (Wildman–Crippen MR) is 45.0 cm³/mol. The van der Waals surface area contributed by atoms with Crippen LogP contribution in [-0.4, -0.2) is 25.4 Å². The predicted octanol–water partition coefficient (Wildman–Crippen LogP) is 0.990. The number of phenols is 2. The molecule has 1 heterocycles. The Kier molecular flexibility index (Phi) is 1.30. The van der Waals surface area contributed by atoms with Crippen LogP contribution in [0.25, 0.3) is 10.8 Å². The Labute approximate surface area is 72.5 Å². The third-order valence-corrected chi connectivity index (χ3v) is 1.89. The molecule has 0 unspecified atom stereocenters. The third kappa shape index (κ3) is 0.868. The Hall–Kier alpha value is -2.04. The average Bonchev–Trinajstić information content (AvgIpc) is 2.35. The maximum atomic E-state index is 9.31. The quantitative estimate of drug-likeness (QED) is 0.391. The lowest BCUT2D eigenvalue weighted by Gasteiger charge is -1.97. The minimum absolute atomic E-state index is 0.0116. The van der Waals surface area contributed by atoms with E-state index in [9.17, 15) is 15.3 Å². The highest BCUT2D eigenvalue weighted by Crippen LogP contribution is 2.42. The Balaban J connectivity index is 2.98. The van der Waals surface area contributed by atoms with Gasteiger partial charge in [0, 0.05) is 0 Å². The molecule has 0 aliphatic carbocycles. The second-order valence-electron chi connectivity index (χ2n) is 2.68. The van der Waals surface area contributed by atoms with Gasteiger partial charge in [0.25, 0.3) is 0 Å². The van der Waals surface area contributed by atoms with Crippen molar-refractivity contribution in [3.05, 3.63) is 12.1 Å². The largest absolute Gasteiger partial charge is 0.504 e. The van der Waals surface area contributed by atoms with Crippen LogP contribution in [0.5, 0.6) is 23.3 Å². The molecule has 2 aromatic rings. The lowest BCUT2D eigenvalue weighted by molar-refractivity contribution is 0.404. The van der Waals surface area contributed by atoms with Gasteiger partial charge >= 0.3 is 0 Å². The minimum atomic E-state index is -0.452. The van der Waals surface area contributed by atoms with Crippen LogP contribution in [0.4, 0.5) is 0 Å². The van der Waals surface area contributed by atoms with Crippen molar-refractivity contribution in [2.45, 2.75) is 0 Å². The fourth-order valence-corrected chi connectivity index (χ4v) is 1.26. The molecule has 0 fully saturated rings. The molecule has 2 rings (SSSR count). The van der Waals surface area contributed by atoms with Crippen molar-refractivity contribution in [3.8, 4) is 23.3 Å². The second kappa shape index (κ2) is 2.22. The summed E-state index contributed by atoms with van der Waals surface area (Å²) < 4.78 is 0. The Morgan fingerprint density at radius 2 is 1.62 bits per heavy atom. The summed E-state index contributed by atoms with van der Waals surface area (Å²) in [5, 5.41) is 37.1. The van der Waals surface area contributed by atoms with Gasteiger partial charge in [-0.2, -0.15) is 0 Å². The highest BCUT2D eigenvalue weighted by Gasteiger charge is 2.14. The van der Waals surface area contributed by atoms with Gasteiger partial charge in [0.1, 0.15) is 0 Å². The molecule has 5 nitrogen and oxygen atoms in total. The lowest BCUT2D eigenvalue weighted by Crippen LogP contribution is -1.70. The zero-order valence-electron chi connectivity index (χ0n) is 6.44. The molecule has 0 aliphatic heterocycles. The van der Waals surface area contributed by atoms with Crippen molar-refractivity contribution in [1.29, 1.82) is 0 Å². The maximum absolute atomic E-state index is 9.31. The van der Waals surface area contributed by atoms with Crippen LogP contribution >= 0.6 is 0 Å². The first kappa shape index (κ1) is 7.60. The second-order valence-corrected chi connectivity index (χ2v) is 2.68. The van der Waals surface area contributed by atoms with E-state index in [1.807, 2.05) is 0 Å². The molecule has 5 heteroatoms. The van der Waals surface area contributed by atoms with Crippen molar-refractivity contribution in [3.63, 3.8) is 0 Å². The summed E-state index contributed by atoms with van der Waals surface area (Å²) >= 11 is 0. The fourth-order valence-electron chi connectivity index (χ4n) is 1.26. The van der Waals surface area contributed by atoms with Crippen LogP contribution < -0.4 is 0 Å². The minimum Gasteiger partial charge on any atom is -0.504 e. The summed E-state index contributed by atoms with van der Waals surface area (Å²) in [6, 6.07) is 2.61. The molecule has 0 aliphatic rings. The first-order chi connectivity index (χ1) is 6.11. The first-order valence-electron chi connectivity index (χ1n) is 3.56. The zero-order chi connectivity index (χ0) is 9.59. The van der Waals surface area contributed by atoms with E-state index in [2.05, 4.69) is 4.98 Å². The van der Waals surface area contributed by atoms with E-state index in [1.54, 1.807) is 0 Å². The lowest BCUT2D eigenvalue weighted by atomic mass is 10.2. The molecule has 0 saturated carbocycles. The average molecular weight is 181 g/mol. The fraction of sp³-hybridized carbons (Fsp3) is 0. The van der Waals surface area contributed by atoms with Crippen molar-refractivity contribution in [2.75, 3.05) is 0 Å². The van der Waals surface area contributed by atoms with Gasteiger partial charge in [0.15, 0.2) is 17.4 Å². The standard InChI is InChI=1S/C8H7NO4/c10-4-2-1-3-5(6(4)11)8(13)9-7(3)12/h1-2,9-13H. The van der Waals surface area contributed by atoms with Crippen molar-refractivity contribution in [1.82, 2.24) is 4.98 Å². The molecule has 5 N–H and O–H groups in total. The van der Waals surface area contributed by atoms with E-state index >= 15 is 0 Å². The summed E-state index contributed by atoms with van der Waals surface area (Å²) in [5.41, 5.74) is 0. The molecule has 13 heavy (non-hydrogen) atoms. The van der Waals surface area contributed by atoms with Gasteiger partial charge in [-0.1, -0.05) is 0 Å². The maximum Gasteiger partial charge on any atom is 0.203 e. The molecule has 1 aromatic carbocycles. The van der Waals surface area contributed by atoms with Crippen LogP contribution in [0, 0.1) is 0 Å². The molecular formula is C8H7NO4. The number of aromatic hydroxyl groups is 4. The zero-order valence-corrected chi connectivity index (χ0v) is 6.44. The normalized spacial score (nSPS) is 10.8. The first-order valence-corrected chi connectivity index (χ1v) is 3.56. The van der Waals surface area contributed by atoms with E-state index in [4.69, 9.17) is 5.11 Å². The van der Waals surface area contributed by atoms with Gasteiger partial charge in [-0.05, 0) is 12.1 Å². The number of hydrogen-bond acceptors (Lipinski definition) is 4. The molecule has 0 bridgehead atoms. The van der Waals surface area contributed by atoms with Gasteiger partial charge in [-0.15, -0.1) is 0 Å². The van der Waals surface area contributed by atoms with Crippen LogP contribution in [0.15, 0.2) is 12.1 Å². The Morgan fingerprint density at radius 3 is 2.31 bits per heavy atom. The number of aromatic nitrogens is 1. The summed E-state index contributed by atoms with van der Waals surface area (Å²) in [5.74, 6) is -1.42. The number of nitrogens with one attached hydrogen (secondary N) is 1. The highest BCUT2D eigenvalue weighted by molar-refractivity contribution is 5.98. The third-order valence-electron chi connectivity index (χ3n) is 1.89. The summed E-state index contributed by atoms with van der Waals surface area (Å²) in [7, 11) is 0. The van der Waals surface area contributed by atoms with Crippen molar-refractivity contribution >= 4 is 10.8 Å². The number of fused-ring (bicyclic) bond motifs is 1. The number of benzene rings is 1. The molecule has 0 atom stereocenters. The van der Waals surface area contributed by atoms with E-state index in [0.29, 0.717) is 0 Å². The van der Waals surface area contributed by atoms with Crippen molar-refractivity contribution in [2.24, 2.45) is 0 Å². The van der Waals surface area contributed by atoms with Gasteiger partial charge in [0.05, 0.1) is 10.8 Å². The summed E-state index contributed by atoms with van der Waals surface area (Å²) in [6.45, 7) is 0. The van der Waals surface area contributed by atoms with Gasteiger partial charge in [0.2, 0.25) is 5.88 Å². The topological polar surface area (TPSA) is 96.7 Å². The number of hydrogen-bond donors (Lipinski definition) is 5. The molecule has 0 radical (unpaired) electrons. The highest BCUT2D eigenvalue weighted by atomic mass is 16.3. The Morgan fingerprint density at radius 1 is 0.923 bits per heavy atom. The molecule has 68 valence electrons. The monoisotopic (exact) mass is 181 g/mol. The molecule has 0 amide bonds. The van der Waals surface area contributed by atoms with Gasteiger partial charge in [-0.3, -0.25) is 4.98 Å². The van der Waals surface area contributed by atoms with E-state index < -0.39 is 5.75 Å². The smallest absolute Gasteiger partial charge is 0.203 e. The number of aromatic amines is 1. The van der Waals surface area contributed by atoms with Crippen molar-refractivity contribution < 1.29 is 20.4 Å².